The molecule has 10 heteroatoms. The molecule has 1 aliphatic heterocycles. The maximum Gasteiger partial charge on any atom is 0.306 e. The number of carbonyl (C=O) groups is 3. The number of piperidine rings is 1. The zero-order valence-electron chi connectivity index (χ0n) is 30.3. The number of carbonyl (C=O) groups excluding carboxylic acids is 2. The zero-order valence-corrected chi connectivity index (χ0v) is 30.3. The molecule has 3 aromatic carbocycles. The van der Waals surface area contributed by atoms with E-state index in [1.165, 1.54) is 0 Å². The highest BCUT2D eigenvalue weighted by atomic mass is 16.5. The maximum atomic E-state index is 13.6. The Kier molecular flexibility index (Phi) is 11.5. The van der Waals surface area contributed by atoms with Gasteiger partial charge in [0.05, 0.1) is 47.4 Å². The summed E-state index contributed by atoms with van der Waals surface area (Å²) in [6.45, 7) is 1.23. The fourth-order valence-electron chi connectivity index (χ4n) is 8.05. The number of nitrogens with zero attached hydrogens (tertiary/aromatic N) is 1. The molecule has 0 spiro atoms. The van der Waals surface area contributed by atoms with Crippen molar-refractivity contribution in [2.24, 2.45) is 23.2 Å². The van der Waals surface area contributed by atoms with Gasteiger partial charge in [-0.25, -0.2) is 0 Å². The number of benzene rings is 3. The van der Waals surface area contributed by atoms with Crippen LogP contribution in [0.4, 0.5) is 0 Å². The highest BCUT2D eigenvalue weighted by molar-refractivity contribution is 5.77. The largest absolute Gasteiger partial charge is 0.497 e. The van der Waals surface area contributed by atoms with Crippen LogP contribution in [0.1, 0.15) is 61.6 Å². The molecule has 6 rings (SSSR count). The van der Waals surface area contributed by atoms with Gasteiger partial charge in [-0.2, -0.15) is 0 Å². The number of allylic oxidation sites excluding steroid dienone is 2. The Balaban J connectivity index is 1.32. The second-order valence-electron chi connectivity index (χ2n) is 14.3. The Morgan fingerprint density at radius 2 is 1.25 bits per heavy atom. The van der Waals surface area contributed by atoms with Crippen LogP contribution in [0.25, 0.3) is 0 Å². The molecule has 1 N–H and O–H groups in total. The summed E-state index contributed by atoms with van der Waals surface area (Å²) in [4.78, 5) is 39.5. The van der Waals surface area contributed by atoms with E-state index in [2.05, 4.69) is 12.2 Å². The molecule has 52 heavy (non-hydrogen) atoms. The van der Waals surface area contributed by atoms with Gasteiger partial charge in [-0.3, -0.25) is 14.4 Å². The molecule has 0 aromatic heterocycles. The van der Waals surface area contributed by atoms with E-state index in [-0.39, 0.29) is 32.0 Å². The minimum Gasteiger partial charge on any atom is -0.497 e. The van der Waals surface area contributed by atoms with Gasteiger partial charge in [-0.15, -0.1) is 0 Å². The standard InChI is InChI=1S/C42H49NO9/c1-48-35-12-6-32(7-13-35)42(33-8-14-36(49-2)15-9-33,34-10-16-37(50-3)17-11-34)52-28-41(27-51-40(47)19-18-39(45)46)20-22-43(23-21-41)38(44)26-31-25-29-4-5-30(31)24-29/h4-17,29-31H,18-28H2,1-3H3,(H,45,46). The minimum atomic E-state index is -1.13. The van der Waals surface area contributed by atoms with E-state index in [9.17, 15) is 14.4 Å². The van der Waals surface area contributed by atoms with E-state index in [1.54, 1.807) is 21.3 Å². The van der Waals surface area contributed by atoms with Gasteiger partial charge >= 0.3 is 11.9 Å². The zero-order chi connectivity index (χ0) is 36.7. The summed E-state index contributed by atoms with van der Waals surface area (Å²) in [6, 6.07) is 23.3. The minimum absolute atomic E-state index is 0.0363. The second kappa shape index (κ2) is 16.2. The van der Waals surface area contributed by atoms with Crippen molar-refractivity contribution in [3.05, 3.63) is 102 Å². The van der Waals surface area contributed by atoms with Gasteiger partial charge in [0.25, 0.3) is 0 Å². The third kappa shape index (κ3) is 8.12. The Bertz CT molecular complexity index is 1590. The Morgan fingerprint density at radius 3 is 1.67 bits per heavy atom. The molecular formula is C42H49NO9. The first kappa shape index (κ1) is 36.9. The molecule has 2 fully saturated rings. The van der Waals surface area contributed by atoms with Crippen molar-refractivity contribution in [3.63, 3.8) is 0 Å². The number of hydrogen-bond acceptors (Lipinski definition) is 8. The SMILES string of the molecule is COc1ccc(C(OCC2(COC(=O)CCC(=O)O)CCN(C(=O)CC3CC4C=CC3C4)CC2)(c2ccc(OC)cc2)c2ccc(OC)cc2)cc1. The Labute approximate surface area is 305 Å². The van der Waals surface area contributed by atoms with Crippen molar-refractivity contribution < 1.29 is 43.2 Å². The summed E-state index contributed by atoms with van der Waals surface area (Å²) in [5.41, 5.74) is 0.772. The summed E-state index contributed by atoms with van der Waals surface area (Å²) in [5.74, 6) is 2.13. The number of esters is 1. The third-order valence-corrected chi connectivity index (χ3v) is 11.2. The maximum absolute atomic E-state index is 13.6. The van der Waals surface area contributed by atoms with Crippen LogP contribution in [-0.2, 0) is 29.5 Å². The van der Waals surface area contributed by atoms with Gasteiger partial charge in [0, 0.05) is 24.9 Å². The first-order valence-electron chi connectivity index (χ1n) is 18.1. The molecule has 1 amide bonds. The van der Waals surface area contributed by atoms with Gasteiger partial charge < -0.3 is 33.7 Å². The van der Waals surface area contributed by atoms with Crippen LogP contribution in [0, 0.1) is 23.2 Å². The van der Waals surface area contributed by atoms with Crippen LogP contribution in [0.2, 0.25) is 0 Å². The number of carboxylic acids is 1. The lowest BCUT2D eigenvalue weighted by Crippen LogP contribution is -2.49. The first-order valence-corrected chi connectivity index (χ1v) is 18.1. The summed E-state index contributed by atoms with van der Waals surface area (Å²) < 4.78 is 29.6. The molecule has 10 nitrogen and oxygen atoms in total. The topological polar surface area (TPSA) is 121 Å². The van der Waals surface area contributed by atoms with E-state index in [1.807, 2.05) is 77.7 Å². The van der Waals surface area contributed by atoms with Crippen LogP contribution in [0.3, 0.4) is 0 Å². The molecule has 2 aliphatic carbocycles. The molecule has 2 bridgehead atoms. The summed E-state index contributed by atoms with van der Waals surface area (Å²) in [7, 11) is 4.87. The normalized spacial score (nSPS) is 20.4. The number of ether oxygens (including phenoxy) is 5. The molecular weight excluding hydrogens is 662 g/mol. The quantitative estimate of drug-likeness (QED) is 0.0991. The van der Waals surface area contributed by atoms with Crippen LogP contribution in [0.15, 0.2) is 84.9 Å². The van der Waals surface area contributed by atoms with Crippen LogP contribution < -0.4 is 14.2 Å². The third-order valence-electron chi connectivity index (χ3n) is 11.2. The smallest absolute Gasteiger partial charge is 0.306 e. The first-order chi connectivity index (χ1) is 25.2. The fourth-order valence-corrected chi connectivity index (χ4v) is 8.05. The van der Waals surface area contributed by atoms with Crippen molar-refractivity contribution in [3.8, 4) is 17.2 Å². The fraction of sp³-hybridized carbons (Fsp3) is 0.452. The number of methoxy groups -OCH3 is 3. The van der Waals surface area contributed by atoms with Gasteiger partial charge in [0.1, 0.15) is 22.8 Å². The molecule has 3 aliphatic rings. The summed E-state index contributed by atoms with van der Waals surface area (Å²) in [5, 5.41) is 9.15. The van der Waals surface area contributed by atoms with E-state index < -0.39 is 23.0 Å². The number of amides is 1. The van der Waals surface area contributed by atoms with E-state index in [4.69, 9.17) is 28.8 Å². The number of fused-ring (bicyclic) bond motifs is 2. The average Bonchev–Trinajstić information content (AvgIpc) is 3.81. The lowest BCUT2D eigenvalue weighted by molar-refractivity contribution is -0.157. The van der Waals surface area contributed by atoms with Crippen LogP contribution in [-0.4, -0.2) is 75.5 Å². The number of likely N-dealkylation sites (tertiary alicyclic amines) is 1. The van der Waals surface area contributed by atoms with E-state index >= 15 is 0 Å². The lowest BCUT2D eigenvalue weighted by Gasteiger charge is -2.44. The average molecular weight is 712 g/mol. The Morgan fingerprint density at radius 1 is 0.731 bits per heavy atom. The van der Waals surface area contributed by atoms with Crippen molar-refractivity contribution in [1.82, 2.24) is 4.90 Å². The van der Waals surface area contributed by atoms with Gasteiger partial charge in [0.2, 0.25) is 5.91 Å². The molecule has 3 atom stereocenters. The molecule has 276 valence electrons. The molecule has 1 saturated heterocycles. The Hall–Kier alpha value is -4.83. The van der Waals surface area contributed by atoms with Gasteiger partial charge in [0.15, 0.2) is 0 Å². The molecule has 1 heterocycles. The summed E-state index contributed by atoms with van der Waals surface area (Å²) >= 11 is 0. The molecule has 0 radical (unpaired) electrons. The van der Waals surface area contributed by atoms with Crippen LogP contribution in [0.5, 0.6) is 17.2 Å². The number of aliphatic carboxylic acids is 1. The second-order valence-corrected chi connectivity index (χ2v) is 14.3. The molecule has 1 saturated carbocycles. The van der Waals surface area contributed by atoms with E-state index in [0.717, 1.165) is 29.5 Å². The lowest BCUT2D eigenvalue weighted by atomic mass is 9.77. The predicted molar refractivity (Wildman–Crippen MR) is 194 cm³/mol. The van der Waals surface area contributed by atoms with Crippen LogP contribution >= 0.6 is 0 Å². The van der Waals surface area contributed by atoms with Crippen molar-refractivity contribution in [1.29, 1.82) is 0 Å². The number of carboxylic acid groups (broad SMARTS) is 1. The predicted octanol–water partition coefficient (Wildman–Crippen LogP) is 6.64. The number of hydrogen-bond donors (Lipinski definition) is 1. The molecule has 3 aromatic rings. The van der Waals surface area contributed by atoms with Crippen molar-refractivity contribution in [2.75, 3.05) is 47.6 Å². The van der Waals surface area contributed by atoms with Gasteiger partial charge in [-0.1, -0.05) is 48.6 Å². The van der Waals surface area contributed by atoms with E-state index in [0.29, 0.717) is 67.4 Å². The monoisotopic (exact) mass is 711 g/mol. The molecule has 3 unspecified atom stereocenters. The number of rotatable bonds is 16. The summed E-state index contributed by atoms with van der Waals surface area (Å²) in [6.07, 6.45) is 7.93. The highest BCUT2D eigenvalue weighted by Crippen LogP contribution is 2.47. The van der Waals surface area contributed by atoms with Crippen molar-refractivity contribution >= 4 is 17.8 Å². The highest BCUT2D eigenvalue weighted by Gasteiger charge is 2.45. The van der Waals surface area contributed by atoms with Crippen molar-refractivity contribution in [2.45, 2.75) is 50.5 Å². The van der Waals surface area contributed by atoms with Gasteiger partial charge in [-0.05, 0) is 96.5 Å².